The minimum absolute atomic E-state index is 0.163. The van der Waals surface area contributed by atoms with Crippen LogP contribution in [0, 0.1) is 0 Å². The van der Waals surface area contributed by atoms with Crippen molar-refractivity contribution in [3.05, 3.63) is 41.2 Å². The van der Waals surface area contributed by atoms with Crippen LogP contribution in [0.2, 0.25) is 0 Å². The van der Waals surface area contributed by atoms with Gasteiger partial charge in [0.2, 0.25) is 0 Å². The van der Waals surface area contributed by atoms with E-state index in [2.05, 4.69) is 15.0 Å². The first kappa shape index (κ1) is 13.5. The molecule has 0 N–H and O–H groups in total. The summed E-state index contributed by atoms with van der Waals surface area (Å²) in [5.74, 6) is 0. The minimum Gasteiger partial charge on any atom is -0.467 e. The molecule has 2 aromatic rings. The Morgan fingerprint density at radius 3 is 2.48 bits per heavy atom. The second-order valence-electron chi connectivity index (χ2n) is 4.52. The van der Waals surface area contributed by atoms with E-state index in [1.54, 1.807) is 6.21 Å². The summed E-state index contributed by atoms with van der Waals surface area (Å²) in [5, 5.41) is 0. The molecular formula is C14H10F3N3O. The number of fused-ring (bicyclic) bond motifs is 1. The Labute approximate surface area is 118 Å². The molecule has 0 saturated carbocycles. The standard InChI is InChI=1S/C14H10F3N3O/c1-21-13-19-5-9(6-20-13)11-3-10(14(15,16)17)2-8-4-18-7-12(8)11/h2-3,5-7H,4H2,1H3. The fourth-order valence-electron chi connectivity index (χ4n) is 2.20. The van der Waals surface area contributed by atoms with Gasteiger partial charge in [0.1, 0.15) is 0 Å². The molecule has 0 saturated heterocycles. The van der Waals surface area contributed by atoms with Gasteiger partial charge in [-0.05, 0) is 23.3 Å². The van der Waals surface area contributed by atoms with E-state index >= 15 is 0 Å². The summed E-state index contributed by atoms with van der Waals surface area (Å²) in [4.78, 5) is 11.9. The van der Waals surface area contributed by atoms with E-state index in [9.17, 15) is 13.2 Å². The van der Waals surface area contributed by atoms with Crippen LogP contribution in [0.1, 0.15) is 16.7 Å². The Balaban J connectivity index is 2.16. The highest BCUT2D eigenvalue weighted by molar-refractivity contribution is 5.94. The van der Waals surface area contributed by atoms with Gasteiger partial charge in [0.15, 0.2) is 0 Å². The molecule has 0 aliphatic carbocycles. The van der Waals surface area contributed by atoms with Gasteiger partial charge in [-0.15, -0.1) is 0 Å². The normalized spacial score (nSPS) is 13.3. The number of halogens is 3. The first-order valence-electron chi connectivity index (χ1n) is 6.09. The lowest BCUT2D eigenvalue weighted by atomic mass is 9.95. The zero-order valence-corrected chi connectivity index (χ0v) is 11.0. The van der Waals surface area contributed by atoms with E-state index in [1.165, 1.54) is 19.5 Å². The number of alkyl halides is 3. The molecule has 0 atom stereocenters. The third kappa shape index (κ3) is 2.46. The van der Waals surface area contributed by atoms with Crippen LogP contribution in [0.5, 0.6) is 6.01 Å². The van der Waals surface area contributed by atoms with Crippen LogP contribution in [-0.2, 0) is 12.7 Å². The molecule has 1 aliphatic rings. The lowest BCUT2D eigenvalue weighted by Gasteiger charge is -2.13. The van der Waals surface area contributed by atoms with Crippen molar-refractivity contribution in [2.24, 2.45) is 4.99 Å². The number of rotatable bonds is 2. The van der Waals surface area contributed by atoms with E-state index in [0.717, 1.165) is 12.1 Å². The quantitative estimate of drug-likeness (QED) is 0.854. The SMILES string of the molecule is COc1ncc(-c2cc(C(F)(F)F)cc3c2C=NC3)cn1. The van der Waals surface area contributed by atoms with Crippen LogP contribution >= 0.6 is 0 Å². The Morgan fingerprint density at radius 2 is 1.86 bits per heavy atom. The van der Waals surface area contributed by atoms with Gasteiger partial charge in [-0.1, -0.05) is 0 Å². The van der Waals surface area contributed by atoms with Crippen LogP contribution in [0.4, 0.5) is 13.2 Å². The van der Waals surface area contributed by atoms with Crippen molar-refractivity contribution in [3.63, 3.8) is 0 Å². The maximum Gasteiger partial charge on any atom is 0.416 e. The first-order valence-corrected chi connectivity index (χ1v) is 6.09. The highest BCUT2D eigenvalue weighted by atomic mass is 19.4. The van der Waals surface area contributed by atoms with E-state index in [-0.39, 0.29) is 12.6 Å². The van der Waals surface area contributed by atoms with Crippen molar-refractivity contribution >= 4 is 6.21 Å². The van der Waals surface area contributed by atoms with Crippen molar-refractivity contribution in [1.29, 1.82) is 0 Å². The monoisotopic (exact) mass is 293 g/mol. The highest BCUT2D eigenvalue weighted by Crippen LogP contribution is 2.36. The topological polar surface area (TPSA) is 47.4 Å². The molecule has 1 aromatic heterocycles. The van der Waals surface area contributed by atoms with Gasteiger partial charge < -0.3 is 4.74 Å². The largest absolute Gasteiger partial charge is 0.467 e. The summed E-state index contributed by atoms with van der Waals surface area (Å²) in [5.41, 5.74) is 1.44. The maximum absolute atomic E-state index is 13.0. The first-order chi connectivity index (χ1) is 9.99. The molecule has 108 valence electrons. The number of hydrogen-bond donors (Lipinski definition) is 0. The predicted molar refractivity (Wildman–Crippen MR) is 70.3 cm³/mol. The van der Waals surface area contributed by atoms with Gasteiger partial charge >= 0.3 is 12.2 Å². The summed E-state index contributed by atoms with van der Waals surface area (Å²) in [6.45, 7) is 0.253. The molecule has 4 nitrogen and oxygen atoms in total. The highest BCUT2D eigenvalue weighted by Gasteiger charge is 2.32. The fourth-order valence-corrected chi connectivity index (χ4v) is 2.20. The number of nitrogens with zero attached hydrogens (tertiary/aromatic N) is 3. The lowest BCUT2D eigenvalue weighted by molar-refractivity contribution is -0.137. The maximum atomic E-state index is 13.0. The van der Waals surface area contributed by atoms with Crippen LogP contribution in [0.25, 0.3) is 11.1 Å². The van der Waals surface area contributed by atoms with Gasteiger partial charge in [-0.25, -0.2) is 9.97 Å². The van der Waals surface area contributed by atoms with Crippen LogP contribution in [0.15, 0.2) is 29.5 Å². The fraction of sp³-hybridized carbons (Fsp3) is 0.214. The number of hydrogen-bond acceptors (Lipinski definition) is 4. The summed E-state index contributed by atoms with van der Waals surface area (Å²) >= 11 is 0. The molecule has 2 heterocycles. The Kier molecular flexibility index (Phi) is 3.12. The molecule has 1 aliphatic heterocycles. The third-order valence-corrected chi connectivity index (χ3v) is 3.20. The molecule has 0 fully saturated rings. The van der Waals surface area contributed by atoms with E-state index in [0.29, 0.717) is 22.3 Å². The number of aliphatic imine (C=N–C) groups is 1. The predicted octanol–water partition coefficient (Wildman–Crippen LogP) is 3.10. The zero-order chi connectivity index (χ0) is 15.0. The van der Waals surface area contributed by atoms with Crippen molar-refractivity contribution in [2.75, 3.05) is 7.11 Å². The average molecular weight is 293 g/mol. The van der Waals surface area contributed by atoms with Crippen LogP contribution in [0.3, 0.4) is 0 Å². The van der Waals surface area contributed by atoms with E-state index < -0.39 is 11.7 Å². The zero-order valence-electron chi connectivity index (χ0n) is 11.0. The Morgan fingerprint density at radius 1 is 1.14 bits per heavy atom. The van der Waals surface area contributed by atoms with Gasteiger partial charge in [-0.3, -0.25) is 4.99 Å². The molecule has 1 aromatic carbocycles. The van der Waals surface area contributed by atoms with Crippen molar-refractivity contribution in [1.82, 2.24) is 9.97 Å². The van der Waals surface area contributed by atoms with E-state index in [1.807, 2.05) is 0 Å². The number of ether oxygens (including phenoxy) is 1. The average Bonchev–Trinajstić information content (AvgIpc) is 2.94. The summed E-state index contributed by atoms with van der Waals surface area (Å²) in [6.07, 6.45) is 0.0519. The van der Waals surface area contributed by atoms with Gasteiger partial charge in [0.25, 0.3) is 0 Å². The molecular weight excluding hydrogens is 283 g/mol. The number of benzene rings is 1. The lowest BCUT2D eigenvalue weighted by Crippen LogP contribution is -2.07. The molecule has 0 radical (unpaired) electrons. The molecule has 21 heavy (non-hydrogen) atoms. The number of aromatic nitrogens is 2. The second-order valence-corrected chi connectivity index (χ2v) is 4.52. The second kappa shape index (κ2) is 4.83. The smallest absolute Gasteiger partial charge is 0.416 e. The van der Waals surface area contributed by atoms with Gasteiger partial charge in [-0.2, -0.15) is 13.2 Å². The van der Waals surface area contributed by atoms with Crippen molar-refractivity contribution in [2.45, 2.75) is 12.7 Å². The molecule has 3 rings (SSSR count). The Hall–Kier alpha value is -2.44. The van der Waals surface area contributed by atoms with Crippen LogP contribution < -0.4 is 4.74 Å². The van der Waals surface area contributed by atoms with Crippen LogP contribution in [-0.4, -0.2) is 23.3 Å². The Bertz CT molecular complexity index is 709. The number of methoxy groups -OCH3 is 1. The van der Waals surface area contributed by atoms with E-state index in [4.69, 9.17) is 4.74 Å². The summed E-state index contributed by atoms with van der Waals surface area (Å²) in [6, 6.07) is 2.40. The van der Waals surface area contributed by atoms with Crippen molar-refractivity contribution in [3.8, 4) is 17.1 Å². The molecule has 0 bridgehead atoms. The molecule has 0 spiro atoms. The minimum atomic E-state index is -4.40. The van der Waals surface area contributed by atoms with Gasteiger partial charge in [0, 0.05) is 29.7 Å². The molecule has 0 amide bonds. The van der Waals surface area contributed by atoms with Gasteiger partial charge in [0.05, 0.1) is 19.2 Å². The molecule has 0 unspecified atom stereocenters. The third-order valence-electron chi connectivity index (χ3n) is 3.20. The summed E-state index contributed by atoms with van der Waals surface area (Å²) in [7, 11) is 1.42. The molecule has 7 heteroatoms. The summed E-state index contributed by atoms with van der Waals surface area (Å²) < 4.78 is 43.8. The van der Waals surface area contributed by atoms with Crippen molar-refractivity contribution < 1.29 is 17.9 Å².